The van der Waals surface area contributed by atoms with Gasteiger partial charge in [0.15, 0.2) is 0 Å². The molecule has 0 aliphatic heterocycles. The summed E-state index contributed by atoms with van der Waals surface area (Å²) in [6.45, 7) is 0.468. The van der Waals surface area contributed by atoms with Crippen molar-refractivity contribution in [2.75, 3.05) is 0 Å². The maximum Gasteiger partial charge on any atom is 0.223 e. The fourth-order valence-electron chi connectivity index (χ4n) is 1.21. The van der Waals surface area contributed by atoms with Gasteiger partial charge in [0.05, 0.1) is 12.2 Å². The van der Waals surface area contributed by atoms with Gasteiger partial charge in [0.25, 0.3) is 0 Å². The third-order valence-electron chi connectivity index (χ3n) is 2.17. The second-order valence-electron chi connectivity index (χ2n) is 3.46. The largest absolute Gasteiger partial charge is 0.350 e. The highest BCUT2D eigenvalue weighted by atomic mass is 35.5. The van der Waals surface area contributed by atoms with E-state index >= 15 is 0 Å². The second kappa shape index (κ2) is 3.96. The van der Waals surface area contributed by atoms with Crippen LogP contribution in [0.3, 0.4) is 0 Å². The molecule has 0 spiro atoms. The third-order valence-corrected chi connectivity index (χ3v) is 2.41. The molecule has 0 atom stereocenters. The Morgan fingerprint density at radius 2 is 2.43 bits per heavy atom. The first-order valence-corrected chi connectivity index (χ1v) is 5.01. The molecule has 3 nitrogen and oxygen atoms in total. The summed E-state index contributed by atoms with van der Waals surface area (Å²) in [6.07, 6.45) is 3.69. The molecule has 1 aliphatic rings. The monoisotopic (exact) mass is 210 g/mol. The highest BCUT2D eigenvalue weighted by Crippen LogP contribution is 2.28. The summed E-state index contributed by atoms with van der Waals surface area (Å²) in [4.78, 5) is 15.4. The summed E-state index contributed by atoms with van der Waals surface area (Å²) in [5.74, 6) is 0.376. The Hall–Kier alpha value is -1.09. The molecule has 1 N–H and O–H groups in total. The van der Waals surface area contributed by atoms with Gasteiger partial charge in [-0.05, 0) is 25.0 Å². The van der Waals surface area contributed by atoms with Crippen LogP contribution in [0, 0.1) is 5.92 Å². The van der Waals surface area contributed by atoms with Gasteiger partial charge >= 0.3 is 0 Å². The summed E-state index contributed by atoms with van der Waals surface area (Å²) in [5, 5.41) is 3.48. The zero-order chi connectivity index (χ0) is 9.97. The fourth-order valence-corrected chi connectivity index (χ4v) is 1.40. The van der Waals surface area contributed by atoms with Crippen LogP contribution in [-0.2, 0) is 11.3 Å². The smallest absolute Gasteiger partial charge is 0.223 e. The molecule has 1 aromatic heterocycles. The van der Waals surface area contributed by atoms with Crippen LogP contribution in [-0.4, -0.2) is 10.9 Å². The average Bonchev–Trinajstić information content (AvgIpc) is 2.97. The number of amides is 1. The molecule has 1 aliphatic carbocycles. The van der Waals surface area contributed by atoms with Gasteiger partial charge in [-0.2, -0.15) is 0 Å². The van der Waals surface area contributed by atoms with Gasteiger partial charge in [0.2, 0.25) is 5.91 Å². The molecular weight excluding hydrogens is 200 g/mol. The van der Waals surface area contributed by atoms with E-state index in [4.69, 9.17) is 11.6 Å². The van der Waals surface area contributed by atoms with Crippen molar-refractivity contribution >= 4 is 17.5 Å². The Labute approximate surface area is 87.5 Å². The summed E-state index contributed by atoms with van der Waals surface area (Å²) < 4.78 is 0. The highest BCUT2D eigenvalue weighted by molar-refractivity contribution is 6.30. The van der Waals surface area contributed by atoms with E-state index in [0.29, 0.717) is 11.6 Å². The van der Waals surface area contributed by atoms with Crippen LogP contribution < -0.4 is 5.32 Å². The van der Waals surface area contributed by atoms with Crippen LogP contribution in [0.4, 0.5) is 0 Å². The molecule has 0 saturated heterocycles. The molecule has 1 heterocycles. The Kier molecular flexibility index (Phi) is 2.68. The minimum Gasteiger partial charge on any atom is -0.350 e. The summed E-state index contributed by atoms with van der Waals surface area (Å²) in [5.41, 5.74) is 0.798. The van der Waals surface area contributed by atoms with E-state index in [0.717, 1.165) is 18.5 Å². The van der Waals surface area contributed by atoms with Crippen molar-refractivity contribution in [3.05, 3.63) is 29.0 Å². The fraction of sp³-hybridized carbons (Fsp3) is 0.400. The van der Waals surface area contributed by atoms with Gasteiger partial charge in [-0.15, -0.1) is 0 Å². The number of carbonyl (C=O) groups excluding carboxylic acids is 1. The Morgan fingerprint density at radius 3 is 3.07 bits per heavy atom. The SMILES string of the molecule is O=C(NCc1cc(Cl)ccn1)C1CC1. The topological polar surface area (TPSA) is 42.0 Å². The molecule has 0 aromatic carbocycles. The first kappa shape index (κ1) is 9.46. The normalized spacial score (nSPS) is 15.2. The van der Waals surface area contributed by atoms with Crippen molar-refractivity contribution in [2.45, 2.75) is 19.4 Å². The molecule has 1 amide bonds. The molecule has 0 unspecified atom stereocenters. The van der Waals surface area contributed by atoms with Crippen LogP contribution >= 0.6 is 11.6 Å². The molecule has 14 heavy (non-hydrogen) atoms. The van der Waals surface area contributed by atoms with Crippen molar-refractivity contribution in [3.8, 4) is 0 Å². The number of pyridine rings is 1. The van der Waals surface area contributed by atoms with Gasteiger partial charge < -0.3 is 5.32 Å². The Bertz CT molecular complexity index is 350. The minimum absolute atomic E-state index is 0.131. The van der Waals surface area contributed by atoms with Gasteiger partial charge in [-0.25, -0.2) is 0 Å². The van der Waals surface area contributed by atoms with E-state index in [-0.39, 0.29) is 11.8 Å². The van der Waals surface area contributed by atoms with E-state index in [1.807, 2.05) is 0 Å². The maximum atomic E-state index is 11.3. The van der Waals surface area contributed by atoms with Crippen LogP contribution in [0.15, 0.2) is 18.3 Å². The number of aromatic nitrogens is 1. The number of nitrogens with zero attached hydrogens (tertiary/aromatic N) is 1. The lowest BCUT2D eigenvalue weighted by molar-refractivity contribution is -0.122. The average molecular weight is 211 g/mol. The van der Waals surface area contributed by atoms with Crippen LogP contribution in [0.5, 0.6) is 0 Å². The molecule has 0 bridgehead atoms. The molecule has 74 valence electrons. The first-order valence-electron chi connectivity index (χ1n) is 4.64. The zero-order valence-corrected chi connectivity index (χ0v) is 8.42. The Morgan fingerprint density at radius 1 is 1.64 bits per heavy atom. The molecule has 4 heteroatoms. The van der Waals surface area contributed by atoms with Crippen LogP contribution in [0.25, 0.3) is 0 Å². The van der Waals surface area contributed by atoms with Crippen LogP contribution in [0.1, 0.15) is 18.5 Å². The van der Waals surface area contributed by atoms with Gasteiger partial charge in [-0.3, -0.25) is 9.78 Å². The first-order chi connectivity index (χ1) is 6.75. The third kappa shape index (κ3) is 2.45. The van der Waals surface area contributed by atoms with Crippen molar-refractivity contribution < 1.29 is 4.79 Å². The van der Waals surface area contributed by atoms with E-state index in [1.165, 1.54) is 0 Å². The zero-order valence-electron chi connectivity index (χ0n) is 7.66. The lowest BCUT2D eigenvalue weighted by Gasteiger charge is -2.03. The molecular formula is C10H11ClN2O. The molecule has 1 aromatic rings. The minimum atomic E-state index is 0.131. The highest BCUT2D eigenvalue weighted by Gasteiger charge is 2.29. The van der Waals surface area contributed by atoms with Gasteiger partial charge in [0, 0.05) is 17.1 Å². The lowest BCUT2D eigenvalue weighted by Crippen LogP contribution is -2.24. The van der Waals surface area contributed by atoms with E-state index in [1.54, 1.807) is 18.3 Å². The van der Waals surface area contributed by atoms with Gasteiger partial charge in [-0.1, -0.05) is 11.6 Å². The number of hydrogen-bond donors (Lipinski definition) is 1. The number of halogens is 1. The summed E-state index contributed by atoms with van der Waals surface area (Å²) in [7, 11) is 0. The van der Waals surface area contributed by atoms with Crippen molar-refractivity contribution in [1.29, 1.82) is 0 Å². The number of rotatable bonds is 3. The van der Waals surface area contributed by atoms with E-state index < -0.39 is 0 Å². The number of hydrogen-bond acceptors (Lipinski definition) is 2. The standard InChI is InChI=1S/C10H11ClN2O/c11-8-3-4-12-9(5-8)6-13-10(14)7-1-2-7/h3-5,7H,1-2,6H2,(H,13,14). The molecule has 1 saturated carbocycles. The van der Waals surface area contributed by atoms with Crippen molar-refractivity contribution in [2.24, 2.45) is 5.92 Å². The lowest BCUT2D eigenvalue weighted by atomic mass is 10.3. The van der Waals surface area contributed by atoms with Crippen molar-refractivity contribution in [3.63, 3.8) is 0 Å². The Balaban J connectivity index is 1.87. The van der Waals surface area contributed by atoms with Crippen LogP contribution in [0.2, 0.25) is 5.02 Å². The number of nitrogens with one attached hydrogen (secondary N) is 1. The second-order valence-corrected chi connectivity index (χ2v) is 3.89. The predicted octanol–water partition coefficient (Wildman–Crippen LogP) is 1.76. The van der Waals surface area contributed by atoms with Gasteiger partial charge in [0.1, 0.15) is 0 Å². The molecule has 2 rings (SSSR count). The molecule has 0 radical (unpaired) electrons. The summed E-state index contributed by atoms with van der Waals surface area (Å²) >= 11 is 5.78. The quantitative estimate of drug-likeness (QED) is 0.826. The summed E-state index contributed by atoms with van der Waals surface area (Å²) in [6, 6.07) is 3.47. The maximum absolute atomic E-state index is 11.3. The molecule has 1 fully saturated rings. The van der Waals surface area contributed by atoms with Crippen molar-refractivity contribution in [1.82, 2.24) is 10.3 Å². The number of carbonyl (C=O) groups is 1. The van der Waals surface area contributed by atoms with E-state index in [2.05, 4.69) is 10.3 Å². The predicted molar refractivity (Wildman–Crippen MR) is 53.8 cm³/mol. The van der Waals surface area contributed by atoms with E-state index in [9.17, 15) is 4.79 Å².